The first-order chi connectivity index (χ1) is 5.90. The summed E-state index contributed by atoms with van der Waals surface area (Å²) in [6.45, 7) is -1.96. The van der Waals surface area contributed by atoms with E-state index in [4.69, 9.17) is 5.41 Å². The summed E-state index contributed by atoms with van der Waals surface area (Å²) >= 11 is 0. The fourth-order valence-corrected chi connectivity index (χ4v) is 0.402. The molecule has 0 aliphatic heterocycles. The average molecular weight is 203 g/mol. The summed E-state index contributed by atoms with van der Waals surface area (Å²) in [6.07, 6.45) is -3.76. The van der Waals surface area contributed by atoms with Crippen LogP contribution in [0.15, 0.2) is 0 Å². The van der Waals surface area contributed by atoms with E-state index in [1.807, 2.05) is 0 Å². The summed E-state index contributed by atoms with van der Waals surface area (Å²) in [5.41, 5.74) is 0. The molecule has 0 aromatic rings. The van der Waals surface area contributed by atoms with E-state index >= 15 is 0 Å². The smallest absolute Gasteiger partial charge is 0.330 e. The summed E-state index contributed by atoms with van der Waals surface area (Å²) in [4.78, 5) is 0. The highest BCUT2D eigenvalue weighted by Gasteiger charge is 2.40. The summed E-state index contributed by atoms with van der Waals surface area (Å²) in [7, 11) is 1.15. The van der Waals surface area contributed by atoms with Crippen molar-refractivity contribution in [2.75, 3.05) is 20.3 Å². The Morgan fingerprint density at radius 3 is 2.38 bits per heavy atom. The van der Waals surface area contributed by atoms with Crippen molar-refractivity contribution in [3.8, 4) is 0 Å². The lowest BCUT2D eigenvalue weighted by Gasteiger charge is -2.14. The van der Waals surface area contributed by atoms with Gasteiger partial charge in [-0.3, -0.25) is 5.41 Å². The van der Waals surface area contributed by atoms with E-state index in [9.17, 15) is 17.6 Å². The number of hydrogen-bond donors (Lipinski definition) is 1. The van der Waals surface area contributed by atoms with E-state index < -0.39 is 31.5 Å². The minimum atomic E-state index is -4.17. The van der Waals surface area contributed by atoms with Crippen molar-refractivity contribution in [3.63, 3.8) is 0 Å². The molecule has 3 nitrogen and oxygen atoms in total. The van der Waals surface area contributed by atoms with Crippen LogP contribution in [0, 0.1) is 5.41 Å². The molecule has 13 heavy (non-hydrogen) atoms. The molecule has 0 amide bonds. The first kappa shape index (κ1) is 12.2. The van der Waals surface area contributed by atoms with Crippen molar-refractivity contribution >= 4 is 5.90 Å². The highest BCUT2D eigenvalue weighted by atomic mass is 19.3. The van der Waals surface area contributed by atoms with Gasteiger partial charge < -0.3 is 9.47 Å². The molecule has 0 saturated heterocycles. The van der Waals surface area contributed by atoms with Crippen LogP contribution in [0.25, 0.3) is 0 Å². The van der Waals surface area contributed by atoms with E-state index in [1.165, 1.54) is 0 Å². The summed E-state index contributed by atoms with van der Waals surface area (Å²) in [6, 6.07) is 0. The Bertz CT molecular complexity index is 174. The van der Waals surface area contributed by atoms with Crippen LogP contribution in [0.2, 0.25) is 0 Å². The standard InChI is InChI=1S/C6H9F4NO2/c1-12-4(11)2-13-3-6(9,10)5(7)8/h5,11H,2-3H2,1H3. The van der Waals surface area contributed by atoms with Crippen molar-refractivity contribution in [2.24, 2.45) is 0 Å². The van der Waals surface area contributed by atoms with Crippen molar-refractivity contribution in [1.29, 1.82) is 5.41 Å². The van der Waals surface area contributed by atoms with Gasteiger partial charge in [-0.05, 0) is 0 Å². The van der Waals surface area contributed by atoms with Crippen molar-refractivity contribution in [1.82, 2.24) is 0 Å². The zero-order valence-corrected chi connectivity index (χ0v) is 6.82. The first-order valence-corrected chi connectivity index (χ1v) is 3.25. The highest BCUT2D eigenvalue weighted by Crippen LogP contribution is 2.22. The number of nitrogens with one attached hydrogen (secondary N) is 1. The van der Waals surface area contributed by atoms with Crippen molar-refractivity contribution < 1.29 is 27.0 Å². The number of hydrogen-bond acceptors (Lipinski definition) is 3. The molecule has 0 bridgehead atoms. The molecule has 0 aromatic heterocycles. The SMILES string of the molecule is COC(=N)COCC(F)(F)C(F)F. The fraction of sp³-hybridized carbons (Fsp3) is 0.833. The van der Waals surface area contributed by atoms with E-state index in [0.29, 0.717) is 0 Å². The second kappa shape index (κ2) is 5.00. The Morgan fingerprint density at radius 1 is 1.46 bits per heavy atom. The normalized spacial score (nSPS) is 11.8. The number of rotatable bonds is 5. The van der Waals surface area contributed by atoms with Gasteiger partial charge in [0.1, 0.15) is 13.2 Å². The first-order valence-electron chi connectivity index (χ1n) is 3.25. The van der Waals surface area contributed by atoms with E-state index in [-0.39, 0.29) is 0 Å². The van der Waals surface area contributed by atoms with Crippen molar-refractivity contribution in [2.45, 2.75) is 12.3 Å². The molecule has 0 atom stereocenters. The monoisotopic (exact) mass is 203 g/mol. The second-order valence-electron chi connectivity index (χ2n) is 2.18. The molecule has 0 spiro atoms. The highest BCUT2D eigenvalue weighted by molar-refractivity contribution is 5.73. The Kier molecular flexibility index (Phi) is 4.68. The predicted molar refractivity (Wildman–Crippen MR) is 36.5 cm³/mol. The number of halogens is 4. The van der Waals surface area contributed by atoms with Gasteiger partial charge in [0.2, 0.25) is 5.90 Å². The Labute approximate surface area is 72.1 Å². The summed E-state index contributed by atoms with van der Waals surface area (Å²) < 4.78 is 55.6. The molecule has 7 heteroatoms. The van der Waals surface area contributed by atoms with Crippen LogP contribution in [0.1, 0.15) is 0 Å². The van der Waals surface area contributed by atoms with E-state index in [0.717, 1.165) is 7.11 Å². The fourth-order valence-electron chi connectivity index (χ4n) is 0.402. The predicted octanol–water partition coefficient (Wildman–Crippen LogP) is 1.53. The van der Waals surface area contributed by atoms with Crippen LogP contribution in [0.5, 0.6) is 0 Å². The molecule has 0 aliphatic carbocycles. The third-order valence-electron chi connectivity index (χ3n) is 1.09. The second-order valence-corrected chi connectivity index (χ2v) is 2.18. The topological polar surface area (TPSA) is 42.3 Å². The van der Waals surface area contributed by atoms with Crippen LogP contribution < -0.4 is 0 Å². The minimum absolute atomic E-state index is 0.398. The van der Waals surface area contributed by atoms with Crippen LogP contribution in [-0.2, 0) is 9.47 Å². The van der Waals surface area contributed by atoms with Crippen LogP contribution in [0.3, 0.4) is 0 Å². The molecule has 0 saturated carbocycles. The third-order valence-corrected chi connectivity index (χ3v) is 1.09. The van der Waals surface area contributed by atoms with E-state index in [2.05, 4.69) is 9.47 Å². The molecule has 0 fully saturated rings. The van der Waals surface area contributed by atoms with Crippen molar-refractivity contribution in [3.05, 3.63) is 0 Å². The number of alkyl halides is 4. The maximum absolute atomic E-state index is 12.1. The zero-order valence-electron chi connectivity index (χ0n) is 6.82. The zero-order chi connectivity index (χ0) is 10.5. The molecular weight excluding hydrogens is 194 g/mol. The Balaban J connectivity index is 3.70. The number of methoxy groups -OCH3 is 1. The lowest BCUT2D eigenvalue weighted by atomic mass is 10.4. The quantitative estimate of drug-likeness (QED) is 0.418. The molecule has 0 radical (unpaired) electrons. The average Bonchev–Trinajstić information content (AvgIpc) is 2.03. The summed E-state index contributed by atoms with van der Waals surface area (Å²) in [5.74, 6) is -4.57. The van der Waals surface area contributed by atoms with Gasteiger partial charge in [-0.15, -0.1) is 0 Å². The van der Waals surface area contributed by atoms with Gasteiger partial charge >= 0.3 is 12.3 Å². The lowest BCUT2D eigenvalue weighted by molar-refractivity contribution is -0.163. The van der Waals surface area contributed by atoms with Gasteiger partial charge in [0.05, 0.1) is 7.11 Å². The number of ether oxygens (including phenoxy) is 2. The van der Waals surface area contributed by atoms with Gasteiger partial charge in [0.25, 0.3) is 0 Å². The van der Waals surface area contributed by atoms with Gasteiger partial charge in [0.15, 0.2) is 0 Å². The van der Waals surface area contributed by atoms with Gasteiger partial charge in [-0.1, -0.05) is 0 Å². The molecule has 1 N–H and O–H groups in total. The maximum Gasteiger partial charge on any atom is 0.330 e. The molecule has 0 rings (SSSR count). The molecule has 0 aliphatic rings. The molecular formula is C6H9F4NO2. The molecule has 78 valence electrons. The third kappa shape index (κ3) is 4.66. The van der Waals surface area contributed by atoms with E-state index in [1.54, 1.807) is 0 Å². The maximum atomic E-state index is 12.1. The molecule has 0 aromatic carbocycles. The van der Waals surface area contributed by atoms with Crippen LogP contribution in [-0.4, -0.2) is 38.6 Å². The van der Waals surface area contributed by atoms with Gasteiger partial charge in [-0.2, -0.15) is 8.78 Å². The summed E-state index contributed by atoms with van der Waals surface area (Å²) in [5, 5.41) is 6.77. The Hall–Kier alpha value is -0.850. The largest absolute Gasteiger partial charge is 0.483 e. The minimum Gasteiger partial charge on any atom is -0.483 e. The van der Waals surface area contributed by atoms with Crippen LogP contribution in [0.4, 0.5) is 17.6 Å². The Morgan fingerprint density at radius 2 is 2.00 bits per heavy atom. The molecule has 0 unspecified atom stereocenters. The van der Waals surface area contributed by atoms with Gasteiger partial charge in [-0.25, -0.2) is 8.78 Å². The lowest BCUT2D eigenvalue weighted by Crippen LogP contribution is -2.33. The van der Waals surface area contributed by atoms with Crippen LogP contribution >= 0.6 is 0 Å². The van der Waals surface area contributed by atoms with Gasteiger partial charge in [0, 0.05) is 0 Å². The molecule has 0 heterocycles.